The molecule has 29 heavy (non-hydrogen) atoms. The van der Waals surface area contributed by atoms with Crippen LogP contribution in [0.4, 0.5) is 14.9 Å². The zero-order chi connectivity index (χ0) is 20.5. The van der Waals surface area contributed by atoms with Crippen molar-refractivity contribution in [1.29, 1.82) is 0 Å². The molecular formula is C22H15ClFNO4. The monoisotopic (exact) mass is 411 g/mol. The van der Waals surface area contributed by atoms with Crippen LogP contribution in [0.25, 0.3) is 11.1 Å². The molecule has 0 heterocycles. The largest absolute Gasteiger partial charge is 0.478 e. The number of nitrogens with one attached hydrogen (secondary N) is 1. The SMILES string of the molecule is O=C(Nc1cc(Cl)c(C(=O)O)cc1F)OCC1c2ccccc2-c2ccccc21. The number of carbonyl (C=O) groups excluding carboxylic acids is 1. The van der Waals surface area contributed by atoms with Crippen LogP contribution in [0.3, 0.4) is 0 Å². The molecule has 0 spiro atoms. The van der Waals surface area contributed by atoms with Gasteiger partial charge in [-0.3, -0.25) is 5.32 Å². The van der Waals surface area contributed by atoms with Crippen LogP contribution in [-0.2, 0) is 4.74 Å². The molecule has 2 N–H and O–H groups in total. The fourth-order valence-electron chi connectivity index (χ4n) is 3.55. The van der Waals surface area contributed by atoms with Crippen LogP contribution in [0.5, 0.6) is 0 Å². The smallest absolute Gasteiger partial charge is 0.411 e. The van der Waals surface area contributed by atoms with Crippen molar-refractivity contribution in [3.63, 3.8) is 0 Å². The number of carbonyl (C=O) groups is 2. The van der Waals surface area contributed by atoms with Crippen LogP contribution in [0, 0.1) is 5.82 Å². The van der Waals surface area contributed by atoms with Gasteiger partial charge in [-0.1, -0.05) is 60.1 Å². The molecule has 4 rings (SSSR count). The number of amides is 1. The Balaban J connectivity index is 1.50. The fraction of sp³-hybridized carbons (Fsp3) is 0.0909. The highest BCUT2D eigenvalue weighted by molar-refractivity contribution is 6.33. The minimum absolute atomic E-state index is 0.0718. The molecule has 1 aliphatic rings. The molecule has 0 aromatic heterocycles. The zero-order valence-electron chi connectivity index (χ0n) is 15.0. The van der Waals surface area contributed by atoms with E-state index < -0.39 is 17.9 Å². The van der Waals surface area contributed by atoms with E-state index in [0.717, 1.165) is 34.4 Å². The van der Waals surface area contributed by atoms with E-state index in [1.807, 2.05) is 48.5 Å². The van der Waals surface area contributed by atoms with Gasteiger partial charge in [0.05, 0.1) is 16.3 Å². The van der Waals surface area contributed by atoms with E-state index in [0.29, 0.717) is 0 Å². The molecule has 0 aliphatic heterocycles. The number of carboxylic acids is 1. The summed E-state index contributed by atoms with van der Waals surface area (Å²) in [6, 6.07) is 17.6. The molecule has 0 unspecified atom stereocenters. The number of benzene rings is 3. The van der Waals surface area contributed by atoms with E-state index in [2.05, 4.69) is 5.32 Å². The summed E-state index contributed by atoms with van der Waals surface area (Å²) in [7, 11) is 0. The first-order chi connectivity index (χ1) is 14.0. The molecule has 0 saturated carbocycles. The lowest BCUT2D eigenvalue weighted by Gasteiger charge is -2.15. The van der Waals surface area contributed by atoms with Crippen LogP contribution >= 0.6 is 11.6 Å². The first-order valence-electron chi connectivity index (χ1n) is 8.80. The first-order valence-corrected chi connectivity index (χ1v) is 9.18. The Morgan fingerprint density at radius 3 is 2.21 bits per heavy atom. The average molecular weight is 412 g/mol. The van der Waals surface area contributed by atoms with Gasteiger partial charge in [0.15, 0.2) is 0 Å². The third-order valence-corrected chi connectivity index (χ3v) is 5.18. The Morgan fingerprint density at radius 1 is 1.03 bits per heavy atom. The number of ether oxygens (including phenoxy) is 1. The molecule has 7 heteroatoms. The van der Waals surface area contributed by atoms with Crippen LogP contribution in [0.15, 0.2) is 60.7 Å². The van der Waals surface area contributed by atoms with E-state index in [9.17, 15) is 14.0 Å². The Labute approximate surface area is 170 Å². The summed E-state index contributed by atoms with van der Waals surface area (Å²) in [5.74, 6) is -2.40. The maximum Gasteiger partial charge on any atom is 0.411 e. The second kappa shape index (κ2) is 7.56. The fourth-order valence-corrected chi connectivity index (χ4v) is 3.80. The Bertz CT molecular complexity index is 1090. The second-order valence-corrected chi connectivity index (χ2v) is 6.97. The predicted molar refractivity (Wildman–Crippen MR) is 107 cm³/mol. The zero-order valence-corrected chi connectivity index (χ0v) is 15.7. The van der Waals surface area contributed by atoms with Crippen molar-refractivity contribution in [2.45, 2.75) is 5.92 Å². The highest BCUT2D eigenvalue weighted by Crippen LogP contribution is 2.44. The number of aromatic carboxylic acids is 1. The van der Waals surface area contributed by atoms with E-state index in [4.69, 9.17) is 21.4 Å². The van der Waals surface area contributed by atoms with Gasteiger partial charge in [-0.05, 0) is 34.4 Å². The summed E-state index contributed by atoms with van der Waals surface area (Å²) in [5, 5.41) is 11.1. The van der Waals surface area contributed by atoms with Gasteiger partial charge in [0.25, 0.3) is 0 Å². The third-order valence-electron chi connectivity index (χ3n) is 4.87. The maximum absolute atomic E-state index is 14.1. The van der Waals surface area contributed by atoms with Gasteiger partial charge in [-0.15, -0.1) is 0 Å². The molecular weight excluding hydrogens is 397 g/mol. The van der Waals surface area contributed by atoms with Crippen LogP contribution in [-0.4, -0.2) is 23.8 Å². The molecule has 0 radical (unpaired) electrons. The average Bonchev–Trinajstić information content (AvgIpc) is 3.02. The third kappa shape index (κ3) is 3.54. The van der Waals surface area contributed by atoms with Gasteiger partial charge < -0.3 is 9.84 Å². The van der Waals surface area contributed by atoms with Crippen LogP contribution in [0.1, 0.15) is 27.4 Å². The maximum atomic E-state index is 14.1. The van der Waals surface area contributed by atoms with Crippen molar-refractivity contribution >= 4 is 29.4 Å². The molecule has 3 aromatic rings. The lowest BCUT2D eigenvalue weighted by Crippen LogP contribution is -2.18. The molecule has 1 amide bonds. The van der Waals surface area contributed by atoms with Gasteiger partial charge >= 0.3 is 12.1 Å². The van der Waals surface area contributed by atoms with E-state index in [1.165, 1.54) is 0 Å². The predicted octanol–water partition coefficient (Wildman–Crippen LogP) is 5.54. The highest BCUT2D eigenvalue weighted by Gasteiger charge is 2.29. The van der Waals surface area contributed by atoms with Gasteiger partial charge in [0.1, 0.15) is 12.4 Å². The Morgan fingerprint density at radius 2 is 1.62 bits per heavy atom. The Kier molecular flexibility index (Phi) is 4.94. The normalized spacial score (nSPS) is 12.2. The number of halogens is 2. The number of rotatable bonds is 4. The van der Waals surface area contributed by atoms with Crippen LogP contribution < -0.4 is 5.32 Å². The molecule has 0 atom stereocenters. The second-order valence-electron chi connectivity index (χ2n) is 6.57. The van der Waals surface area contributed by atoms with E-state index >= 15 is 0 Å². The van der Waals surface area contributed by atoms with Crippen molar-refractivity contribution in [2.24, 2.45) is 0 Å². The summed E-state index contributed by atoms with van der Waals surface area (Å²) in [6.07, 6.45) is -0.857. The minimum Gasteiger partial charge on any atom is -0.478 e. The number of anilines is 1. The van der Waals surface area contributed by atoms with E-state index in [-0.39, 0.29) is 28.8 Å². The van der Waals surface area contributed by atoms with Crippen molar-refractivity contribution in [3.8, 4) is 11.1 Å². The molecule has 3 aromatic carbocycles. The standard InChI is InChI=1S/C22H15ClFNO4/c23-18-10-20(19(24)9-16(18)21(26)27)25-22(28)29-11-17-14-7-3-1-5-12(14)13-6-2-4-8-15(13)17/h1-10,17H,11H2,(H,25,28)(H,26,27). The van der Waals surface area contributed by atoms with E-state index in [1.54, 1.807) is 0 Å². The van der Waals surface area contributed by atoms with Gasteiger partial charge in [0.2, 0.25) is 0 Å². The molecule has 0 saturated heterocycles. The first kappa shape index (κ1) is 19.0. The molecule has 0 bridgehead atoms. The van der Waals surface area contributed by atoms with Crippen molar-refractivity contribution in [2.75, 3.05) is 11.9 Å². The number of fused-ring (bicyclic) bond motifs is 3. The highest BCUT2D eigenvalue weighted by atomic mass is 35.5. The minimum atomic E-state index is -1.36. The lowest BCUT2D eigenvalue weighted by atomic mass is 9.98. The number of hydrogen-bond donors (Lipinski definition) is 2. The molecule has 1 aliphatic carbocycles. The van der Waals surface area contributed by atoms with Crippen molar-refractivity contribution in [3.05, 3.63) is 88.2 Å². The van der Waals surface area contributed by atoms with Gasteiger partial charge in [0, 0.05) is 5.92 Å². The Hall–Kier alpha value is -3.38. The topological polar surface area (TPSA) is 75.6 Å². The summed E-state index contributed by atoms with van der Waals surface area (Å²) in [5.41, 5.74) is 3.67. The van der Waals surface area contributed by atoms with Crippen molar-refractivity contribution in [1.82, 2.24) is 0 Å². The summed E-state index contributed by atoms with van der Waals surface area (Å²) in [6.45, 7) is 0.0718. The summed E-state index contributed by atoms with van der Waals surface area (Å²) in [4.78, 5) is 23.2. The molecule has 5 nitrogen and oxygen atoms in total. The molecule has 0 fully saturated rings. The summed E-state index contributed by atoms with van der Waals surface area (Å²) < 4.78 is 19.4. The van der Waals surface area contributed by atoms with Crippen LogP contribution in [0.2, 0.25) is 5.02 Å². The molecule has 146 valence electrons. The quantitative estimate of drug-likeness (QED) is 0.591. The van der Waals surface area contributed by atoms with Crippen molar-refractivity contribution < 1.29 is 23.8 Å². The summed E-state index contributed by atoms with van der Waals surface area (Å²) >= 11 is 5.83. The number of carboxylic acid groups (broad SMARTS) is 1. The van der Waals surface area contributed by atoms with Gasteiger partial charge in [-0.2, -0.15) is 0 Å². The van der Waals surface area contributed by atoms with Gasteiger partial charge in [-0.25, -0.2) is 14.0 Å². The number of hydrogen-bond acceptors (Lipinski definition) is 3. The lowest BCUT2D eigenvalue weighted by molar-refractivity contribution is 0.0696.